The second-order valence-corrected chi connectivity index (χ2v) is 17.8. The number of unbranched alkanes of at least 4 members (excludes halogenated alkanes) is 15. The first-order valence-corrected chi connectivity index (χ1v) is 24.1. The molecule has 5 heterocycles. The van der Waals surface area contributed by atoms with Crippen LogP contribution in [-0.4, -0.2) is 49.4 Å². The molecule has 0 amide bonds. The van der Waals surface area contributed by atoms with E-state index in [0.29, 0.717) is 45.4 Å². The Kier molecular flexibility index (Phi) is 16.0. The van der Waals surface area contributed by atoms with Gasteiger partial charge in [0.25, 0.3) is 10.1 Å². The molecule has 0 unspecified atom stereocenters. The van der Waals surface area contributed by atoms with E-state index in [2.05, 4.69) is 6.92 Å². The molecular weight excluding hydrogens is 870 g/mol. The first kappa shape index (κ1) is 46.6. The third-order valence-corrected chi connectivity index (χ3v) is 12.6. The van der Waals surface area contributed by atoms with Gasteiger partial charge in [0, 0.05) is 44.8 Å². The molecule has 3 aromatic heterocycles. The standard InChI is InChI=1S/C32H16N8O3S.C18H39N.Cu/c41-44(42,43)16-13-14-23-24(15-16)32-39-30-22-12-6-5-11-21(22)28(37-30)35-26-18-8-2-1-7-17(18)25(33-26)34-27-19-9-3-4-10-20(19)29(36-27)38-31(23)40-32;1-2-3-4-5-6-7-8-9-10-11-12-13-14-15-16-17-18-19;/h1-15H,(H-2,33,34,35,36,37,38,39,40,41,42,43);2-19H2,1H3;/q-2;;+1/p+1. The minimum atomic E-state index is -4.49. The summed E-state index contributed by atoms with van der Waals surface area (Å²) in [6, 6.07) is 27.1. The molecule has 2 aliphatic rings. The van der Waals surface area contributed by atoms with Crippen LogP contribution in [-0.2, 0) is 27.2 Å². The molecule has 64 heavy (non-hydrogen) atoms. The SMILES string of the molecule is CCCCCCCCCCCCCCCCCCN.O=S(=O)(O)c1ccc2c(c1)-c1nc-2nc2[n-]c(nc3nc(nc4[n-]c(n1)c1ccccc41)-c1ccccc1-3)c1ccccc21.[Cu+].[H+]. The zero-order valence-corrected chi connectivity index (χ0v) is 38.1. The minimum Gasteiger partial charge on any atom is -0.357 e. The largest absolute Gasteiger partial charge is 1.00 e. The monoisotopic (exact) mass is 925 g/mol. The summed E-state index contributed by atoms with van der Waals surface area (Å²) in [6.45, 7) is 3.16. The van der Waals surface area contributed by atoms with Gasteiger partial charge in [-0.25, -0.2) is 9.97 Å². The molecular formula is C50H56CuN9O3S. The van der Waals surface area contributed by atoms with Gasteiger partial charge in [-0.3, -0.25) is 4.55 Å². The van der Waals surface area contributed by atoms with Gasteiger partial charge in [-0.15, -0.1) is 0 Å². The van der Waals surface area contributed by atoms with E-state index >= 15 is 0 Å². The Hall–Kier alpha value is -5.37. The van der Waals surface area contributed by atoms with Crippen LogP contribution in [0.4, 0.5) is 0 Å². The number of nitrogens with zero attached hydrogens (tertiary/aromatic N) is 8. The Balaban J connectivity index is 0.000000287. The zero-order valence-electron chi connectivity index (χ0n) is 37.3. The van der Waals surface area contributed by atoms with Crippen LogP contribution in [0.3, 0.4) is 0 Å². The van der Waals surface area contributed by atoms with Gasteiger partial charge in [0.1, 0.15) is 0 Å². The number of rotatable bonds is 17. The van der Waals surface area contributed by atoms with Crippen LogP contribution in [0.15, 0.2) is 95.9 Å². The van der Waals surface area contributed by atoms with Crippen molar-refractivity contribution in [3.8, 4) is 45.6 Å². The number of hydrogen-bond donors (Lipinski definition) is 2. The minimum absolute atomic E-state index is 0. The van der Waals surface area contributed by atoms with Crippen molar-refractivity contribution in [1.29, 1.82) is 0 Å². The predicted molar refractivity (Wildman–Crippen MR) is 254 cm³/mol. The molecule has 336 valence electrons. The Morgan fingerprint density at radius 2 is 0.797 bits per heavy atom. The fourth-order valence-corrected chi connectivity index (χ4v) is 8.85. The molecule has 0 spiro atoms. The number of fused-ring (bicyclic) bond motifs is 20. The molecule has 7 aromatic rings. The van der Waals surface area contributed by atoms with Gasteiger partial charge in [0.2, 0.25) is 0 Å². The molecule has 0 fully saturated rings. The summed E-state index contributed by atoms with van der Waals surface area (Å²) in [7, 11) is -4.49. The maximum absolute atomic E-state index is 12.1. The van der Waals surface area contributed by atoms with Crippen molar-refractivity contribution in [1.82, 2.24) is 39.9 Å². The first-order valence-electron chi connectivity index (χ1n) is 22.6. The van der Waals surface area contributed by atoms with Gasteiger partial charge < -0.3 is 35.6 Å². The van der Waals surface area contributed by atoms with E-state index in [0.717, 1.165) is 39.2 Å². The van der Waals surface area contributed by atoms with Gasteiger partial charge in [-0.2, -0.15) is 8.42 Å². The Bertz CT molecular complexity index is 2970. The van der Waals surface area contributed by atoms with E-state index in [1.165, 1.54) is 115 Å². The van der Waals surface area contributed by atoms with Crippen molar-refractivity contribution in [3.05, 3.63) is 91.0 Å². The van der Waals surface area contributed by atoms with Crippen LogP contribution >= 0.6 is 0 Å². The van der Waals surface area contributed by atoms with Gasteiger partial charge in [0.05, 0.1) is 28.2 Å². The van der Waals surface area contributed by atoms with Crippen molar-refractivity contribution >= 4 is 54.3 Å². The Morgan fingerprint density at radius 3 is 1.16 bits per heavy atom. The van der Waals surface area contributed by atoms with Crippen molar-refractivity contribution in [2.45, 2.75) is 115 Å². The quantitative estimate of drug-likeness (QED) is 0.0501. The van der Waals surface area contributed by atoms with Crippen molar-refractivity contribution < 1.29 is 31.5 Å². The maximum Gasteiger partial charge on any atom is 1.00 e. The number of nitrogens with two attached hydrogens (primary N) is 1. The summed E-state index contributed by atoms with van der Waals surface area (Å²) in [5, 5.41) is 3.02. The van der Waals surface area contributed by atoms with Crippen LogP contribution in [0, 0.1) is 0 Å². The molecule has 0 saturated carbocycles. The average molecular weight is 927 g/mol. The van der Waals surface area contributed by atoms with Crippen LogP contribution in [0.1, 0.15) is 111 Å². The molecule has 12 nitrogen and oxygen atoms in total. The molecule has 0 radical (unpaired) electrons. The van der Waals surface area contributed by atoms with Crippen LogP contribution in [0.5, 0.6) is 0 Å². The maximum atomic E-state index is 12.1. The van der Waals surface area contributed by atoms with Crippen LogP contribution < -0.4 is 15.7 Å². The number of benzene rings is 4. The summed E-state index contributed by atoms with van der Waals surface area (Å²) in [5.74, 6) is 1.39. The first-order chi connectivity index (χ1) is 30.8. The fourth-order valence-electron chi connectivity index (χ4n) is 8.34. The van der Waals surface area contributed by atoms with Gasteiger partial charge in [0.15, 0.2) is 0 Å². The summed E-state index contributed by atoms with van der Waals surface area (Å²) in [5.41, 5.74) is 9.61. The molecule has 3 N–H and O–H groups in total. The normalized spacial score (nSPS) is 11.8. The molecule has 0 saturated heterocycles. The van der Waals surface area contributed by atoms with Crippen molar-refractivity contribution in [2.75, 3.05) is 6.54 Å². The molecule has 0 atom stereocenters. The van der Waals surface area contributed by atoms with E-state index in [4.69, 9.17) is 45.6 Å². The van der Waals surface area contributed by atoms with Gasteiger partial charge in [-0.1, -0.05) is 182 Å². The van der Waals surface area contributed by atoms with Crippen LogP contribution in [0.25, 0.3) is 89.7 Å². The molecule has 9 rings (SSSR count). The second-order valence-electron chi connectivity index (χ2n) is 16.4. The van der Waals surface area contributed by atoms with E-state index in [1.54, 1.807) is 6.07 Å². The molecule has 2 aliphatic heterocycles. The fraction of sp³-hybridized carbons (Fsp3) is 0.360. The van der Waals surface area contributed by atoms with E-state index in [-0.39, 0.29) is 35.0 Å². The second kappa shape index (κ2) is 22.0. The molecule has 0 aliphatic carbocycles. The molecule has 8 bridgehead atoms. The number of hydrogen-bond acceptors (Lipinski definition) is 9. The van der Waals surface area contributed by atoms with Gasteiger partial charge in [-0.05, 0) is 46.6 Å². The third kappa shape index (κ3) is 10.9. The van der Waals surface area contributed by atoms with Crippen LogP contribution in [0.2, 0.25) is 0 Å². The summed E-state index contributed by atoms with van der Waals surface area (Å²) in [4.78, 5) is 38.2. The Labute approximate surface area is 387 Å². The summed E-state index contributed by atoms with van der Waals surface area (Å²) < 4.78 is 33.9. The molecule has 14 heteroatoms. The zero-order chi connectivity index (χ0) is 43.6. The Morgan fingerprint density at radius 1 is 0.469 bits per heavy atom. The van der Waals surface area contributed by atoms with Crippen molar-refractivity contribution in [3.63, 3.8) is 0 Å². The third-order valence-electron chi connectivity index (χ3n) is 11.7. The van der Waals surface area contributed by atoms with Gasteiger partial charge >= 0.3 is 18.5 Å². The topological polar surface area (TPSA) is 186 Å². The predicted octanol–water partition coefficient (Wildman–Crippen LogP) is 11.7. The van der Waals surface area contributed by atoms with E-state index in [1.807, 2.05) is 72.8 Å². The summed E-state index contributed by atoms with van der Waals surface area (Å²) in [6.07, 6.45) is 22.9. The molecule has 4 aromatic carbocycles. The van der Waals surface area contributed by atoms with E-state index < -0.39 is 10.1 Å². The van der Waals surface area contributed by atoms with E-state index in [9.17, 15) is 13.0 Å². The number of aromatic nitrogens is 8. The summed E-state index contributed by atoms with van der Waals surface area (Å²) >= 11 is 0. The average Bonchev–Trinajstić information content (AvgIpc) is 4.03. The smallest absolute Gasteiger partial charge is 0.357 e. The van der Waals surface area contributed by atoms with Crippen molar-refractivity contribution in [2.24, 2.45) is 5.73 Å².